The van der Waals surface area contributed by atoms with Crippen LogP contribution in [0, 0.1) is 12.5 Å². The summed E-state index contributed by atoms with van der Waals surface area (Å²) >= 11 is 0. The minimum Gasteiger partial charge on any atom is -0.371 e. The van der Waals surface area contributed by atoms with Gasteiger partial charge in [-0.25, -0.2) is 6.57 Å². The predicted octanol–water partition coefficient (Wildman–Crippen LogP) is 3.36. The van der Waals surface area contributed by atoms with Gasteiger partial charge in [-0.2, -0.15) is 0 Å². The van der Waals surface area contributed by atoms with E-state index in [0.717, 1.165) is 25.7 Å². The summed E-state index contributed by atoms with van der Waals surface area (Å²) in [6, 6.07) is 0.0589. The second kappa shape index (κ2) is 4.61. The summed E-state index contributed by atoms with van der Waals surface area (Å²) in [5.41, 5.74) is 1.21. The first-order valence-corrected chi connectivity index (χ1v) is 7.43. The molecule has 2 fully saturated rings. The molecule has 104 valence electrons. The standard InChI is InChI=1S/C16H23NO2/c1-10-8-16-9-14(12(10)3)18-15(16)6-5-13(19-16)7-11(2)17-4/h8,11-15H,5-7,9H2,1-3H3/t11?,12?,13?,14-,15+,16+/m1/s1. The lowest BCUT2D eigenvalue weighted by molar-refractivity contribution is -0.141. The number of hydrogen-bond donors (Lipinski definition) is 0. The molecule has 0 N–H and O–H groups in total. The summed E-state index contributed by atoms with van der Waals surface area (Å²) in [5.74, 6) is 0.514. The highest BCUT2D eigenvalue weighted by molar-refractivity contribution is 5.25. The molecule has 3 unspecified atom stereocenters. The molecule has 2 heterocycles. The molecule has 1 aliphatic carbocycles. The van der Waals surface area contributed by atoms with E-state index in [4.69, 9.17) is 16.0 Å². The van der Waals surface area contributed by atoms with Crippen LogP contribution in [0.5, 0.6) is 0 Å². The van der Waals surface area contributed by atoms with E-state index in [2.05, 4.69) is 24.8 Å². The first-order valence-electron chi connectivity index (χ1n) is 7.43. The Morgan fingerprint density at radius 1 is 1.53 bits per heavy atom. The topological polar surface area (TPSA) is 22.8 Å². The van der Waals surface area contributed by atoms with Crippen molar-refractivity contribution >= 4 is 0 Å². The van der Waals surface area contributed by atoms with Gasteiger partial charge in [0.05, 0.1) is 18.3 Å². The van der Waals surface area contributed by atoms with E-state index < -0.39 is 0 Å². The van der Waals surface area contributed by atoms with Gasteiger partial charge in [0.15, 0.2) is 0 Å². The first kappa shape index (κ1) is 13.1. The number of hydrogen-bond acceptors (Lipinski definition) is 2. The smallest absolute Gasteiger partial charge is 0.223 e. The molecule has 3 nitrogen and oxygen atoms in total. The van der Waals surface area contributed by atoms with Crippen LogP contribution < -0.4 is 0 Å². The molecule has 0 amide bonds. The summed E-state index contributed by atoms with van der Waals surface area (Å²) in [7, 11) is 0. The van der Waals surface area contributed by atoms with Crippen LogP contribution in [0.4, 0.5) is 0 Å². The molecule has 0 aromatic rings. The summed E-state index contributed by atoms with van der Waals surface area (Å²) < 4.78 is 12.6. The number of rotatable bonds is 2. The molecule has 6 atom stereocenters. The van der Waals surface area contributed by atoms with Crippen LogP contribution in [-0.2, 0) is 9.47 Å². The highest BCUT2D eigenvalue weighted by atomic mass is 16.6. The average Bonchev–Trinajstić information content (AvgIpc) is 2.70. The van der Waals surface area contributed by atoms with Crippen molar-refractivity contribution in [3.8, 4) is 0 Å². The maximum absolute atomic E-state index is 7.10. The normalized spacial score (nSPS) is 46.1. The van der Waals surface area contributed by atoms with Crippen molar-refractivity contribution in [2.45, 2.75) is 76.4 Å². The molecule has 2 saturated heterocycles. The lowest BCUT2D eigenvalue weighted by Crippen LogP contribution is -2.48. The van der Waals surface area contributed by atoms with Crippen molar-refractivity contribution in [3.63, 3.8) is 0 Å². The number of nitrogens with zero attached hydrogens (tertiary/aromatic N) is 1. The first-order chi connectivity index (χ1) is 9.04. The van der Waals surface area contributed by atoms with Crippen LogP contribution >= 0.6 is 0 Å². The Bertz CT molecular complexity index is 439. The summed E-state index contributed by atoms with van der Waals surface area (Å²) in [4.78, 5) is 3.60. The Morgan fingerprint density at radius 3 is 3.05 bits per heavy atom. The summed E-state index contributed by atoms with van der Waals surface area (Å²) in [6.45, 7) is 13.5. The van der Waals surface area contributed by atoms with Crippen LogP contribution in [0.25, 0.3) is 4.85 Å². The highest BCUT2D eigenvalue weighted by Gasteiger charge is 2.55. The SMILES string of the molecule is [C-]#[N+]C(C)CC1CC[C@@H]2O[C@@H]3C[C@]2(C=C(C)C3C)O1. The molecule has 3 aliphatic rings. The lowest BCUT2D eigenvalue weighted by atomic mass is 9.77. The largest absolute Gasteiger partial charge is 0.371 e. The zero-order chi connectivity index (χ0) is 13.6. The van der Waals surface area contributed by atoms with Gasteiger partial charge in [-0.15, -0.1) is 0 Å². The minimum atomic E-state index is -0.189. The van der Waals surface area contributed by atoms with E-state index in [1.54, 1.807) is 0 Å². The molecule has 1 spiro atoms. The fraction of sp³-hybridized carbons (Fsp3) is 0.812. The maximum Gasteiger partial charge on any atom is 0.223 e. The lowest BCUT2D eigenvalue weighted by Gasteiger charge is -2.41. The van der Waals surface area contributed by atoms with Crippen LogP contribution in [0.3, 0.4) is 0 Å². The summed E-state index contributed by atoms with van der Waals surface area (Å²) in [6.07, 6.45) is 7.05. The molecular weight excluding hydrogens is 238 g/mol. The average molecular weight is 261 g/mol. The van der Waals surface area contributed by atoms with Gasteiger partial charge in [0.1, 0.15) is 5.60 Å². The molecule has 3 rings (SSSR count). The molecular formula is C16H23NO2. The third-order valence-electron chi connectivity index (χ3n) is 5.11. The van der Waals surface area contributed by atoms with E-state index in [1.165, 1.54) is 5.57 Å². The van der Waals surface area contributed by atoms with Crippen molar-refractivity contribution in [3.05, 3.63) is 23.1 Å². The fourth-order valence-electron chi connectivity index (χ4n) is 3.85. The highest BCUT2D eigenvalue weighted by Crippen LogP contribution is 2.49. The molecule has 2 bridgehead atoms. The van der Waals surface area contributed by atoms with Crippen LogP contribution in [0.15, 0.2) is 11.6 Å². The van der Waals surface area contributed by atoms with E-state index >= 15 is 0 Å². The van der Waals surface area contributed by atoms with Gasteiger partial charge < -0.3 is 14.3 Å². The van der Waals surface area contributed by atoms with Gasteiger partial charge in [0, 0.05) is 25.7 Å². The predicted molar refractivity (Wildman–Crippen MR) is 73.7 cm³/mol. The Balaban J connectivity index is 1.79. The van der Waals surface area contributed by atoms with E-state index in [1.807, 2.05) is 6.92 Å². The zero-order valence-electron chi connectivity index (χ0n) is 12.1. The van der Waals surface area contributed by atoms with E-state index in [9.17, 15) is 0 Å². The third-order valence-corrected chi connectivity index (χ3v) is 5.11. The minimum absolute atomic E-state index is 0.0589. The maximum atomic E-state index is 7.10. The Kier molecular flexibility index (Phi) is 3.19. The Hall–Kier alpha value is -0.850. The molecule has 0 aromatic heterocycles. The second-order valence-corrected chi connectivity index (χ2v) is 6.53. The van der Waals surface area contributed by atoms with E-state index in [0.29, 0.717) is 12.0 Å². The van der Waals surface area contributed by atoms with Gasteiger partial charge in [-0.1, -0.05) is 18.6 Å². The van der Waals surface area contributed by atoms with Crippen molar-refractivity contribution in [1.82, 2.24) is 0 Å². The van der Waals surface area contributed by atoms with Crippen molar-refractivity contribution in [1.29, 1.82) is 0 Å². The number of fused-ring (bicyclic) bond motifs is 1. The molecule has 3 heteroatoms. The molecule has 19 heavy (non-hydrogen) atoms. The third kappa shape index (κ3) is 2.11. The molecule has 0 radical (unpaired) electrons. The van der Waals surface area contributed by atoms with Crippen LogP contribution in [0.2, 0.25) is 0 Å². The van der Waals surface area contributed by atoms with Gasteiger partial charge in [0.2, 0.25) is 6.04 Å². The van der Waals surface area contributed by atoms with Crippen molar-refractivity contribution in [2.24, 2.45) is 5.92 Å². The van der Waals surface area contributed by atoms with Crippen LogP contribution in [-0.4, -0.2) is 30.0 Å². The monoisotopic (exact) mass is 261 g/mol. The molecule has 2 aliphatic heterocycles. The second-order valence-electron chi connectivity index (χ2n) is 6.53. The van der Waals surface area contributed by atoms with Gasteiger partial charge in [-0.05, 0) is 19.8 Å². The fourth-order valence-corrected chi connectivity index (χ4v) is 3.85. The molecule has 0 saturated carbocycles. The van der Waals surface area contributed by atoms with Crippen molar-refractivity contribution in [2.75, 3.05) is 0 Å². The van der Waals surface area contributed by atoms with Gasteiger partial charge in [-0.3, -0.25) is 0 Å². The number of ether oxygens (including phenoxy) is 2. The summed E-state index contributed by atoms with van der Waals surface area (Å²) in [5, 5.41) is 0. The Labute approximate surface area is 115 Å². The van der Waals surface area contributed by atoms with Crippen LogP contribution in [0.1, 0.15) is 46.5 Å². The Morgan fingerprint density at radius 2 is 2.32 bits per heavy atom. The van der Waals surface area contributed by atoms with Gasteiger partial charge in [0.25, 0.3) is 0 Å². The zero-order valence-corrected chi connectivity index (χ0v) is 12.1. The van der Waals surface area contributed by atoms with Gasteiger partial charge >= 0.3 is 0 Å². The quantitative estimate of drug-likeness (QED) is 0.562. The molecule has 0 aromatic carbocycles. The van der Waals surface area contributed by atoms with Crippen molar-refractivity contribution < 1.29 is 9.47 Å². The van der Waals surface area contributed by atoms with E-state index in [-0.39, 0.29) is 23.9 Å².